The van der Waals surface area contributed by atoms with Gasteiger partial charge in [-0.15, -0.1) is 0 Å². The van der Waals surface area contributed by atoms with E-state index in [2.05, 4.69) is 4.74 Å². The van der Waals surface area contributed by atoms with Crippen molar-refractivity contribution in [2.75, 3.05) is 11.4 Å². The molecule has 2 aromatic carbocycles. The molecule has 0 saturated carbocycles. The van der Waals surface area contributed by atoms with Crippen LogP contribution in [0.5, 0.6) is 0 Å². The fourth-order valence-electron chi connectivity index (χ4n) is 2.40. The zero-order valence-corrected chi connectivity index (χ0v) is 17.4. The molecule has 0 fully saturated rings. The second-order valence-electron chi connectivity index (χ2n) is 6.81. The number of ether oxygens (including phenoxy) is 1. The Morgan fingerprint density at radius 3 is 2.11 bits per heavy atom. The summed E-state index contributed by atoms with van der Waals surface area (Å²) in [5.74, 6) is -1.60. The summed E-state index contributed by atoms with van der Waals surface area (Å²) in [7, 11) is -5.85. The van der Waals surface area contributed by atoms with Gasteiger partial charge in [0.1, 0.15) is 5.82 Å². The van der Waals surface area contributed by atoms with Gasteiger partial charge in [0.2, 0.25) is 10.9 Å². The first kappa shape index (κ1) is 21.8. The van der Waals surface area contributed by atoms with E-state index in [9.17, 15) is 26.0 Å². The highest BCUT2D eigenvalue weighted by molar-refractivity contribution is 7.92. The predicted octanol–water partition coefficient (Wildman–Crippen LogP) is 2.85. The van der Waals surface area contributed by atoms with Crippen LogP contribution in [-0.2, 0) is 25.5 Å². The summed E-state index contributed by atoms with van der Waals surface area (Å²) in [5.41, 5.74) is -0.358. The molecule has 7 nitrogen and oxygen atoms in total. The van der Waals surface area contributed by atoms with Gasteiger partial charge in [0.15, 0.2) is 9.84 Å². The summed E-state index contributed by atoms with van der Waals surface area (Å²) in [4.78, 5) is 12.0. The predicted molar refractivity (Wildman–Crippen MR) is 104 cm³/mol. The monoisotopic (exact) mass is 429 g/mol. The van der Waals surface area contributed by atoms with Crippen molar-refractivity contribution < 1.29 is 30.8 Å². The lowest BCUT2D eigenvalue weighted by Gasteiger charge is -2.22. The van der Waals surface area contributed by atoms with Gasteiger partial charge in [0.05, 0.1) is 33.7 Å². The molecular formula is C18H20FNO6S2. The van der Waals surface area contributed by atoms with Crippen LogP contribution in [0.2, 0.25) is 0 Å². The number of benzene rings is 2. The summed E-state index contributed by atoms with van der Waals surface area (Å²) in [6.07, 6.45) is 0. The number of halogens is 1. The maximum Gasteiger partial charge on any atom is 0.340 e. The second kappa shape index (κ2) is 7.88. The van der Waals surface area contributed by atoms with Crippen molar-refractivity contribution >= 4 is 38.1 Å². The Kier molecular flexibility index (Phi) is 6.15. The largest absolute Gasteiger partial charge is 0.465 e. The number of carbonyl (C=O) groups excluding carboxylic acids is 1. The van der Waals surface area contributed by atoms with Crippen molar-refractivity contribution in [1.29, 1.82) is 0 Å². The van der Waals surface area contributed by atoms with Gasteiger partial charge in [0, 0.05) is 0 Å². The third-order valence-electron chi connectivity index (χ3n) is 3.95. The van der Waals surface area contributed by atoms with E-state index in [4.69, 9.17) is 0 Å². The normalized spacial score (nSPS) is 12.1. The summed E-state index contributed by atoms with van der Waals surface area (Å²) < 4.78 is 66.9. The van der Waals surface area contributed by atoms with Crippen LogP contribution in [0.4, 0.5) is 15.8 Å². The fraction of sp³-hybridized carbons (Fsp3) is 0.278. The number of hydrogen-bond acceptors (Lipinski definition) is 6. The molecule has 0 heterocycles. The van der Waals surface area contributed by atoms with Crippen LogP contribution >= 0.6 is 0 Å². The van der Waals surface area contributed by atoms with E-state index < -0.39 is 37.3 Å². The number of esters is 1. The Hall–Kier alpha value is -2.46. The van der Waals surface area contributed by atoms with Crippen molar-refractivity contribution in [3.63, 3.8) is 0 Å². The number of anilines is 2. The number of rotatable bonds is 5. The fourth-order valence-corrected chi connectivity index (χ4v) is 4.27. The van der Waals surface area contributed by atoms with Crippen LogP contribution in [0.15, 0.2) is 47.4 Å². The molecule has 0 saturated heterocycles. The van der Waals surface area contributed by atoms with Gasteiger partial charge in [-0.3, -0.25) is 0 Å². The van der Waals surface area contributed by atoms with Gasteiger partial charge in [-0.1, -0.05) is 0 Å². The molecule has 10 heteroatoms. The molecule has 2 rings (SSSR count). The standard InChI is InChI=1S/C18H20FNO6S2/c1-18(2,3)28(24,25)14-8-6-13(7-9-14)20(27(22)23)16-11-12(19)5-10-15(16)17(21)26-4/h5-11,27H,1-4H3. The highest BCUT2D eigenvalue weighted by Gasteiger charge is 2.31. The highest BCUT2D eigenvalue weighted by Crippen LogP contribution is 2.32. The van der Waals surface area contributed by atoms with E-state index in [0.29, 0.717) is 0 Å². The SMILES string of the molecule is COC(=O)c1ccc(F)cc1N(c1ccc(S(=O)(=O)C(C)(C)C)cc1)[SH](=O)=O. The lowest BCUT2D eigenvalue weighted by atomic mass is 10.1. The molecule has 0 aliphatic rings. The molecule has 0 aromatic heterocycles. The number of thiol groups is 1. The lowest BCUT2D eigenvalue weighted by Crippen LogP contribution is -2.28. The maximum absolute atomic E-state index is 13.8. The average molecular weight is 429 g/mol. The topological polar surface area (TPSA) is 97.8 Å². The van der Waals surface area contributed by atoms with Crippen LogP contribution in [0.25, 0.3) is 0 Å². The van der Waals surface area contributed by atoms with Gasteiger partial charge < -0.3 is 4.74 Å². The Balaban J connectivity index is 2.62. The van der Waals surface area contributed by atoms with E-state index in [1.807, 2.05) is 0 Å². The minimum Gasteiger partial charge on any atom is -0.465 e. The van der Waals surface area contributed by atoms with Gasteiger partial charge >= 0.3 is 5.97 Å². The van der Waals surface area contributed by atoms with Crippen molar-refractivity contribution in [3.05, 3.63) is 53.8 Å². The number of sulfone groups is 1. The number of carbonyl (C=O) groups is 1. The molecule has 2 aromatic rings. The van der Waals surface area contributed by atoms with Crippen LogP contribution in [-0.4, -0.2) is 34.7 Å². The second-order valence-corrected chi connectivity index (χ2v) is 10.4. The molecule has 0 aliphatic heterocycles. The van der Waals surface area contributed by atoms with E-state index in [1.54, 1.807) is 20.8 Å². The highest BCUT2D eigenvalue weighted by atomic mass is 32.2. The van der Waals surface area contributed by atoms with E-state index in [1.165, 1.54) is 24.3 Å². The molecule has 0 aliphatic carbocycles. The minimum absolute atomic E-state index is 0.0114. The van der Waals surface area contributed by atoms with E-state index >= 15 is 0 Å². The zero-order valence-electron chi connectivity index (χ0n) is 15.7. The zero-order chi connectivity index (χ0) is 21.3. The third-order valence-corrected chi connectivity index (χ3v) is 7.23. The molecule has 152 valence electrons. The summed E-state index contributed by atoms with van der Waals surface area (Å²) >= 11 is 0. The molecule has 0 bridgehead atoms. The summed E-state index contributed by atoms with van der Waals surface area (Å²) in [6.45, 7) is 4.64. The van der Waals surface area contributed by atoms with Crippen LogP contribution in [0.3, 0.4) is 0 Å². The smallest absolute Gasteiger partial charge is 0.340 e. The molecule has 0 unspecified atom stereocenters. The first-order valence-corrected chi connectivity index (χ1v) is 10.7. The van der Waals surface area contributed by atoms with Gasteiger partial charge in [-0.2, -0.15) is 0 Å². The van der Waals surface area contributed by atoms with E-state index in [0.717, 1.165) is 29.6 Å². The molecule has 28 heavy (non-hydrogen) atoms. The van der Waals surface area contributed by atoms with Crippen molar-refractivity contribution in [2.24, 2.45) is 0 Å². The van der Waals surface area contributed by atoms with Crippen molar-refractivity contribution in [3.8, 4) is 0 Å². The van der Waals surface area contributed by atoms with Crippen molar-refractivity contribution in [2.45, 2.75) is 30.4 Å². The molecule has 0 radical (unpaired) electrons. The first-order chi connectivity index (χ1) is 12.9. The van der Waals surface area contributed by atoms with Gasteiger partial charge in [0.25, 0.3) is 0 Å². The summed E-state index contributed by atoms with van der Waals surface area (Å²) in [5, 5.41) is 0. The number of methoxy groups -OCH3 is 1. The van der Waals surface area contributed by atoms with Crippen LogP contribution < -0.4 is 4.31 Å². The Morgan fingerprint density at radius 1 is 1.07 bits per heavy atom. The molecular weight excluding hydrogens is 409 g/mol. The Labute approximate surface area is 164 Å². The molecule has 0 N–H and O–H groups in total. The van der Waals surface area contributed by atoms with E-state index in [-0.39, 0.29) is 21.8 Å². The number of hydrogen-bond donors (Lipinski definition) is 1. The molecule has 0 amide bonds. The van der Waals surface area contributed by atoms with Crippen molar-refractivity contribution in [1.82, 2.24) is 0 Å². The van der Waals surface area contributed by atoms with Crippen LogP contribution in [0.1, 0.15) is 31.1 Å². The third kappa shape index (κ3) is 4.17. The average Bonchev–Trinajstić information content (AvgIpc) is 2.60. The summed E-state index contributed by atoms with van der Waals surface area (Å²) in [6, 6.07) is 8.08. The Bertz CT molecular complexity index is 1060. The number of nitrogens with zero attached hydrogens (tertiary/aromatic N) is 1. The van der Waals surface area contributed by atoms with Gasteiger partial charge in [-0.25, -0.2) is 30.3 Å². The van der Waals surface area contributed by atoms with Crippen LogP contribution in [0, 0.1) is 5.82 Å². The van der Waals surface area contributed by atoms with Gasteiger partial charge in [-0.05, 0) is 63.2 Å². The lowest BCUT2D eigenvalue weighted by molar-refractivity contribution is 0.0601. The molecule has 0 spiro atoms. The maximum atomic E-state index is 13.8. The minimum atomic E-state index is -3.64. The quantitative estimate of drug-likeness (QED) is 0.580. The Morgan fingerprint density at radius 2 is 1.64 bits per heavy atom. The molecule has 0 atom stereocenters. The first-order valence-electron chi connectivity index (χ1n) is 8.07.